The van der Waals surface area contributed by atoms with Gasteiger partial charge in [-0.25, -0.2) is 4.39 Å². The van der Waals surface area contributed by atoms with Gasteiger partial charge in [-0.1, -0.05) is 20.8 Å². The molecule has 4 aliphatic rings. The highest BCUT2D eigenvalue weighted by molar-refractivity contribution is 5.07. The summed E-state index contributed by atoms with van der Waals surface area (Å²) in [4.78, 5) is 0. The number of hydrogen-bond acceptors (Lipinski definition) is 0. The van der Waals surface area contributed by atoms with E-state index in [1.165, 1.54) is 12.8 Å². The minimum atomic E-state index is -0.752. The van der Waals surface area contributed by atoms with Gasteiger partial charge in [0.05, 0.1) is 0 Å². The fourth-order valence-corrected chi connectivity index (χ4v) is 5.34. The van der Waals surface area contributed by atoms with Crippen LogP contribution >= 0.6 is 0 Å². The predicted octanol–water partition coefficient (Wildman–Crippen LogP) is 4.20. The smallest absolute Gasteiger partial charge is 0.111 e. The number of rotatable bonds is 0. The Kier molecular flexibility index (Phi) is 1.88. The summed E-state index contributed by atoms with van der Waals surface area (Å²) in [6, 6.07) is 0. The van der Waals surface area contributed by atoms with Crippen LogP contribution in [0, 0.1) is 29.1 Å². The lowest BCUT2D eigenvalue weighted by Crippen LogP contribution is -2.55. The van der Waals surface area contributed by atoms with Gasteiger partial charge in [0.1, 0.15) is 5.67 Å². The highest BCUT2D eigenvalue weighted by Gasteiger charge is 2.57. The zero-order valence-electron chi connectivity index (χ0n) is 10.2. The van der Waals surface area contributed by atoms with Crippen molar-refractivity contribution < 1.29 is 4.39 Å². The number of halogens is 1. The SMILES string of the molecule is CC(C)(C)C1C2CC3CC1CC(F)(C3)C2. The molecule has 0 saturated heterocycles. The monoisotopic (exact) mass is 210 g/mol. The molecule has 2 unspecified atom stereocenters. The first-order chi connectivity index (χ1) is 6.87. The summed E-state index contributed by atoms with van der Waals surface area (Å²) in [6.07, 6.45) is 5.29. The van der Waals surface area contributed by atoms with Crippen LogP contribution in [0.4, 0.5) is 4.39 Å². The summed E-state index contributed by atoms with van der Waals surface area (Å²) in [5.74, 6) is 2.91. The molecule has 4 fully saturated rings. The van der Waals surface area contributed by atoms with Crippen LogP contribution in [0.3, 0.4) is 0 Å². The fraction of sp³-hybridized carbons (Fsp3) is 1.00. The summed E-state index contributed by atoms with van der Waals surface area (Å²) in [5.41, 5.74) is -0.364. The van der Waals surface area contributed by atoms with E-state index in [9.17, 15) is 4.39 Å². The van der Waals surface area contributed by atoms with Crippen molar-refractivity contribution in [1.82, 2.24) is 0 Å². The van der Waals surface area contributed by atoms with Crippen molar-refractivity contribution in [2.45, 2.75) is 58.5 Å². The van der Waals surface area contributed by atoms with Crippen LogP contribution in [0.1, 0.15) is 52.9 Å². The molecule has 0 radical (unpaired) electrons. The molecule has 0 aromatic carbocycles. The highest BCUT2D eigenvalue weighted by atomic mass is 19.1. The average Bonchev–Trinajstić information content (AvgIpc) is 1.94. The lowest BCUT2D eigenvalue weighted by Gasteiger charge is -2.60. The molecule has 0 aromatic rings. The van der Waals surface area contributed by atoms with Crippen molar-refractivity contribution in [2.24, 2.45) is 29.1 Å². The molecule has 0 spiro atoms. The predicted molar refractivity (Wildman–Crippen MR) is 60.3 cm³/mol. The van der Waals surface area contributed by atoms with Crippen molar-refractivity contribution in [2.75, 3.05) is 0 Å². The van der Waals surface area contributed by atoms with Gasteiger partial charge >= 0.3 is 0 Å². The first-order valence-corrected chi connectivity index (χ1v) is 6.56. The summed E-state index contributed by atoms with van der Waals surface area (Å²) in [5, 5.41) is 0. The summed E-state index contributed by atoms with van der Waals surface area (Å²) < 4.78 is 14.4. The second-order valence-corrected chi connectivity index (χ2v) is 7.51. The third-order valence-electron chi connectivity index (χ3n) is 5.20. The van der Waals surface area contributed by atoms with Crippen molar-refractivity contribution in [3.8, 4) is 0 Å². The molecule has 86 valence electrons. The van der Waals surface area contributed by atoms with Crippen molar-refractivity contribution in [3.05, 3.63) is 0 Å². The van der Waals surface area contributed by atoms with Gasteiger partial charge in [0, 0.05) is 0 Å². The largest absolute Gasteiger partial charge is 0.244 e. The normalized spacial score (nSPS) is 53.6. The first kappa shape index (κ1) is 10.1. The molecule has 0 aromatic heterocycles. The number of alkyl halides is 1. The molecule has 4 saturated carbocycles. The Morgan fingerprint density at radius 2 is 1.53 bits per heavy atom. The van der Waals surface area contributed by atoms with Crippen molar-refractivity contribution >= 4 is 0 Å². The molecular formula is C14H23F. The van der Waals surface area contributed by atoms with Crippen LogP contribution in [-0.2, 0) is 0 Å². The lowest BCUT2D eigenvalue weighted by molar-refractivity contribution is -0.137. The molecule has 0 nitrogen and oxygen atoms in total. The Hall–Kier alpha value is -0.0700. The Balaban J connectivity index is 1.91. The van der Waals surface area contributed by atoms with Crippen molar-refractivity contribution in [1.29, 1.82) is 0 Å². The van der Waals surface area contributed by atoms with Gasteiger partial charge in [-0.3, -0.25) is 0 Å². The van der Waals surface area contributed by atoms with Gasteiger partial charge in [-0.2, -0.15) is 0 Å². The van der Waals surface area contributed by atoms with E-state index in [2.05, 4.69) is 20.8 Å². The molecule has 15 heavy (non-hydrogen) atoms. The van der Waals surface area contributed by atoms with E-state index in [0.29, 0.717) is 17.3 Å². The molecule has 1 heteroatoms. The zero-order chi connectivity index (χ0) is 10.8. The average molecular weight is 210 g/mol. The summed E-state index contributed by atoms with van der Waals surface area (Å²) >= 11 is 0. The van der Waals surface area contributed by atoms with Gasteiger partial charge in [-0.15, -0.1) is 0 Å². The van der Waals surface area contributed by atoms with E-state index < -0.39 is 5.67 Å². The van der Waals surface area contributed by atoms with Crippen LogP contribution in [0.25, 0.3) is 0 Å². The van der Waals surface area contributed by atoms with Crippen LogP contribution < -0.4 is 0 Å². The minimum absolute atomic E-state index is 0.388. The third-order valence-corrected chi connectivity index (χ3v) is 5.20. The van der Waals surface area contributed by atoms with Gasteiger partial charge in [0.2, 0.25) is 0 Å². The second kappa shape index (κ2) is 2.78. The molecule has 4 bridgehead atoms. The highest BCUT2D eigenvalue weighted by Crippen LogP contribution is 2.63. The van der Waals surface area contributed by atoms with E-state index in [0.717, 1.165) is 31.1 Å². The Morgan fingerprint density at radius 1 is 1.00 bits per heavy atom. The Labute approximate surface area is 92.6 Å². The molecule has 0 N–H and O–H groups in total. The maximum Gasteiger partial charge on any atom is 0.111 e. The second-order valence-electron chi connectivity index (χ2n) is 7.51. The van der Waals surface area contributed by atoms with E-state index >= 15 is 0 Å². The van der Waals surface area contributed by atoms with E-state index in [1.54, 1.807) is 0 Å². The molecular weight excluding hydrogens is 187 g/mol. The van der Waals surface area contributed by atoms with Gasteiger partial charge in [-0.05, 0) is 61.2 Å². The number of hydrogen-bond donors (Lipinski definition) is 0. The molecule has 4 rings (SSSR count). The summed E-state index contributed by atoms with van der Waals surface area (Å²) in [7, 11) is 0. The van der Waals surface area contributed by atoms with Crippen molar-refractivity contribution in [3.63, 3.8) is 0 Å². The fourth-order valence-electron chi connectivity index (χ4n) is 5.34. The molecule has 2 atom stereocenters. The Morgan fingerprint density at radius 3 is 1.93 bits per heavy atom. The van der Waals surface area contributed by atoms with E-state index in [4.69, 9.17) is 0 Å². The maximum atomic E-state index is 14.4. The van der Waals surface area contributed by atoms with E-state index in [-0.39, 0.29) is 0 Å². The Bertz CT molecular complexity index is 260. The molecule has 4 aliphatic carbocycles. The molecule has 0 heterocycles. The van der Waals surface area contributed by atoms with Gasteiger partial charge < -0.3 is 0 Å². The standard InChI is InChI=1S/C14H23F/c1-13(2,3)12-10-4-9-5-11(12)8-14(15,6-9)7-10/h9-12H,4-8H2,1-3H3. The minimum Gasteiger partial charge on any atom is -0.244 e. The zero-order valence-corrected chi connectivity index (χ0v) is 10.2. The van der Waals surface area contributed by atoms with Crippen LogP contribution in [-0.4, -0.2) is 5.67 Å². The topological polar surface area (TPSA) is 0 Å². The van der Waals surface area contributed by atoms with Crippen LogP contribution in [0.5, 0.6) is 0 Å². The molecule has 0 aliphatic heterocycles. The lowest BCUT2D eigenvalue weighted by atomic mass is 9.46. The molecule has 0 amide bonds. The van der Waals surface area contributed by atoms with Crippen LogP contribution in [0.2, 0.25) is 0 Å². The van der Waals surface area contributed by atoms with E-state index in [1.807, 2.05) is 0 Å². The van der Waals surface area contributed by atoms with Crippen LogP contribution in [0.15, 0.2) is 0 Å². The maximum absolute atomic E-state index is 14.4. The van der Waals surface area contributed by atoms with Gasteiger partial charge in [0.15, 0.2) is 0 Å². The van der Waals surface area contributed by atoms with Gasteiger partial charge in [0.25, 0.3) is 0 Å². The first-order valence-electron chi connectivity index (χ1n) is 6.56. The summed E-state index contributed by atoms with van der Waals surface area (Å²) in [6.45, 7) is 7.06. The third kappa shape index (κ3) is 1.45. The quantitative estimate of drug-likeness (QED) is 0.562.